The van der Waals surface area contributed by atoms with E-state index in [0.717, 1.165) is 24.5 Å². The summed E-state index contributed by atoms with van der Waals surface area (Å²) in [6, 6.07) is 1.69. The van der Waals surface area contributed by atoms with Crippen LogP contribution in [0.15, 0.2) is 6.07 Å². The number of carbonyl (C=O) groups is 1. The Labute approximate surface area is 136 Å². The molecule has 23 heavy (non-hydrogen) atoms. The standard InChI is InChI=1S/C17H24N2O4/c1-11-9-12(2)16(19(21)22)13(3)15(11)17(20)18-7-4-8-23-10-14-5-6-14/h9,14H,4-8,10H2,1-3H3,(H,18,20). The molecule has 6 nitrogen and oxygen atoms in total. The molecule has 1 aliphatic rings. The lowest BCUT2D eigenvalue weighted by Gasteiger charge is -2.12. The van der Waals surface area contributed by atoms with E-state index >= 15 is 0 Å². The number of amides is 1. The van der Waals surface area contributed by atoms with Gasteiger partial charge >= 0.3 is 0 Å². The van der Waals surface area contributed by atoms with Crippen molar-refractivity contribution in [2.45, 2.75) is 40.0 Å². The maximum atomic E-state index is 12.3. The number of nitrogens with one attached hydrogen (secondary N) is 1. The first-order chi connectivity index (χ1) is 10.9. The van der Waals surface area contributed by atoms with Gasteiger partial charge in [0.15, 0.2) is 0 Å². The number of aryl methyl sites for hydroxylation is 2. The highest BCUT2D eigenvalue weighted by Crippen LogP contribution is 2.29. The lowest BCUT2D eigenvalue weighted by Crippen LogP contribution is -2.27. The molecule has 0 heterocycles. The zero-order valence-electron chi connectivity index (χ0n) is 14.0. The van der Waals surface area contributed by atoms with Crippen LogP contribution in [-0.2, 0) is 4.74 Å². The highest BCUT2D eigenvalue weighted by molar-refractivity contribution is 5.98. The van der Waals surface area contributed by atoms with Crippen molar-refractivity contribution < 1.29 is 14.5 Å². The Hall–Kier alpha value is -1.95. The molecule has 0 radical (unpaired) electrons. The SMILES string of the molecule is Cc1cc(C)c([N+](=O)[O-])c(C)c1C(=O)NCCCOCC1CC1. The van der Waals surface area contributed by atoms with E-state index in [1.807, 2.05) is 0 Å². The summed E-state index contributed by atoms with van der Waals surface area (Å²) in [7, 11) is 0. The zero-order chi connectivity index (χ0) is 17.0. The molecule has 0 aromatic heterocycles. The third-order valence-electron chi connectivity index (χ3n) is 4.14. The molecule has 0 unspecified atom stereocenters. The van der Waals surface area contributed by atoms with E-state index in [1.165, 1.54) is 12.8 Å². The number of ether oxygens (including phenoxy) is 1. The molecule has 1 amide bonds. The number of nitrogens with zero attached hydrogens (tertiary/aromatic N) is 1. The smallest absolute Gasteiger partial charge is 0.275 e. The molecule has 2 rings (SSSR count). The maximum Gasteiger partial charge on any atom is 0.275 e. The van der Waals surface area contributed by atoms with Gasteiger partial charge in [0.1, 0.15) is 0 Å². The minimum atomic E-state index is -0.424. The number of carbonyl (C=O) groups excluding carboxylic acids is 1. The van der Waals surface area contributed by atoms with Crippen molar-refractivity contribution in [3.05, 3.63) is 38.4 Å². The van der Waals surface area contributed by atoms with Gasteiger partial charge < -0.3 is 10.1 Å². The van der Waals surface area contributed by atoms with Gasteiger partial charge in [-0.1, -0.05) is 0 Å². The summed E-state index contributed by atoms with van der Waals surface area (Å²) in [6.45, 7) is 7.07. The summed E-state index contributed by atoms with van der Waals surface area (Å²) < 4.78 is 5.52. The van der Waals surface area contributed by atoms with E-state index in [2.05, 4.69) is 5.32 Å². The van der Waals surface area contributed by atoms with E-state index in [1.54, 1.807) is 26.8 Å². The van der Waals surface area contributed by atoms with Crippen LogP contribution in [0.25, 0.3) is 0 Å². The summed E-state index contributed by atoms with van der Waals surface area (Å²) in [4.78, 5) is 23.1. The summed E-state index contributed by atoms with van der Waals surface area (Å²) in [5, 5.41) is 14.0. The van der Waals surface area contributed by atoms with Gasteiger partial charge in [0, 0.05) is 30.9 Å². The van der Waals surface area contributed by atoms with Gasteiger partial charge in [-0.3, -0.25) is 14.9 Å². The lowest BCUT2D eigenvalue weighted by molar-refractivity contribution is -0.386. The number of nitro groups is 1. The monoisotopic (exact) mass is 320 g/mol. The highest BCUT2D eigenvalue weighted by Gasteiger charge is 2.23. The van der Waals surface area contributed by atoms with Crippen LogP contribution in [0.4, 0.5) is 5.69 Å². The summed E-state index contributed by atoms with van der Waals surface area (Å²) in [5.41, 5.74) is 2.19. The number of rotatable bonds is 8. The Bertz CT molecular complexity index is 609. The second-order valence-corrected chi connectivity index (χ2v) is 6.24. The Kier molecular flexibility index (Phi) is 5.71. The molecule has 1 aliphatic carbocycles. The average Bonchev–Trinajstić information content (AvgIpc) is 3.25. The maximum absolute atomic E-state index is 12.3. The minimum Gasteiger partial charge on any atom is -0.381 e. The van der Waals surface area contributed by atoms with E-state index in [-0.39, 0.29) is 11.6 Å². The Morgan fingerprint density at radius 1 is 1.35 bits per heavy atom. The van der Waals surface area contributed by atoms with Gasteiger partial charge in [-0.2, -0.15) is 0 Å². The third kappa shape index (κ3) is 4.51. The van der Waals surface area contributed by atoms with Crippen molar-refractivity contribution in [3.8, 4) is 0 Å². The van der Waals surface area contributed by atoms with Crippen molar-refractivity contribution >= 4 is 11.6 Å². The van der Waals surface area contributed by atoms with Crippen LogP contribution in [0.3, 0.4) is 0 Å². The second kappa shape index (κ2) is 7.55. The molecule has 0 saturated heterocycles. The molecule has 0 aliphatic heterocycles. The van der Waals surface area contributed by atoms with Gasteiger partial charge in [-0.15, -0.1) is 0 Å². The predicted molar refractivity (Wildman–Crippen MR) is 87.8 cm³/mol. The Balaban J connectivity index is 1.92. The molecule has 0 atom stereocenters. The highest BCUT2D eigenvalue weighted by atomic mass is 16.6. The largest absolute Gasteiger partial charge is 0.381 e. The number of nitro benzene ring substituents is 1. The first kappa shape index (κ1) is 17.4. The Morgan fingerprint density at radius 3 is 2.65 bits per heavy atom. The summed E-state index contributed by atoms with van der Waals surface area (Å²) >= 11 is 0. The van der Waals surface area contributed by atoms with Crippen LogP contribution in [0.2, 0.25) is 0 Å². The van der Waals surface area contributed by atoms with Crippen LogP contribution in [0.5, 0.6) is 0 Å². The molecule has 1 fully saturated rings. The van der Waals surface area contributed by atoms with Crippen molar-refractivity contribution in [2.75, 3.05) is 19.8 Å². The second-order valence-electron chi connectivity index (χ2n) is 6.24. The topological polar surface area (TPSA) is 81.5 Å². The van der Waals surface area contributed by atoms with Crippen LogP contribution in [0, 0.1) is 36.8 Å². The molecular formula is C17H24N2O4. The third-order valence-corrected chi connectivity index (χ3v) is 4.14. The molecule has 1 saturated carbocycles. The lowest BCUT2D eigenvalue weighted by atomic mass is 9.97. The van der Waals surface area contributed by atoms with Crippen LogP contribution in [-0.4, -0.2) is 30.6 Å². The molecule has 0 bridgehead atoms. The van der Waals surface area contributed by atoms with Crippen LogP contribution in [0.1, 0.15) is 46.3 Å². The zero-order valence-corrected chi connectivity index (χ0v) is 14.0. The molecule has 1 aromatic carbocycles. The van der Waals surface area contributed by atoms with Crippen molar-refractivity contribution in [2.24, 2.45) is 5.92 Å². The van der Waals surface area contributed by atoms with Gasteiger partial charge in [-0.05, 0) is 57.6 Å². The number of hydrogen-bond donors (Lipinski definition) is 1. The van der Waals surface area contributed by atoms with Crippen molar-refractivity contribution in [1.29, 1.82) is 0 Å². The quantitative estimate of drug-likeness (QED) is 0.453. The average molecular weight is 320 g/mol. The first-order valence-electron chi connectivity index (χ1n) is 8.03. The van der Waals surface area contributed by atoms with E-state index < -0.39 is 4.92 Å². The van der Waals surface area contributed by atoms with Crippen LogP contribution < -0.4 is 5.32 Å². The fourth-order valence-corrected chi connectivity index (χ4v) is 2.80. The molecule has 6 heteroatoms. The molecular weight excluding hydrogens is 296 g/mol. The predicted octanol–water partition coefficient (Wildman–Crippen LogP) is 3.07. The molecule has 0 spiro atoms. The van der Waals surface area contributed by atoms with Crippen molar-refractivity contribution in [1.82, 2.24) is 5.32 Å². The van der Waals surface area contributed by atoms with E-state index in [4.69, 9.17) is 4.74 Å². The van der Waals surface area contributed by atoms with E-state index in [0.29, 0.717) is 29.8 Å². The van der Waals surface area contributed by atoms with Gasteiger partial charge in [0.2, 0.25) is 0 Å². The number of hydrogen-bond acceptors (Lipinski definition) is 4. The number of benzene rings is 1. The molecule has 1 N–H and O–H groups in total. The summed E-state index contributed by atoms with van der Waals surface area (Å²) in [6.07, 6.45) is 3.27. The van der Waals surface area contributed by atoms with Gasteiger partial charge in [-0.25, -0.2) is 0 Å². The molecule has 1 aromatic rings. The normalized spacial score (nSPS) is 13.9. The first-order valence-corrected chi connectivity index (χ1v) is 8.03. The van der Waals surface area contributed by atoms with Crippen LogP contribution >= 0.6 is 0 Å². The Morgan fingerprint density at radius 2 is 2.04 bits per heavy atom. The molecule has 126 valence electrons. The van der Waals surface area contributed by atoms with Gasteiger partial charge in [0.25, 0.3) is 11.6 Å². The van der Waals surface area contributed by atoms with E-state index in [9.17, 15) is 14.9 Å². The summed E-state index contributed by atoms with van der Waals surface area (Å²) in [5.74, 6) is 0.480. The minimum absolute atomic E-state index is 0.0218. The van der Waals surface area contributed by atoms with Gasteiger partial charge in [0.05, 0.1) is 10.5 Å². The van der Waals surface area contributed by atoms with Crippen molar-refractivity contribution in [3.63, 3.8) is 0 Å². The fourth-order valence-electron chi connectivity index (χ4n) is 2.80. The fraction of sp³-hybridized carbons (Fsp3) is 0.588.